The van der Waals surface area contributed by atoms with E-state index in [1.54, 1.807) is 56.8 Å². The lowest BCUT2D eigenvalue weighted by atomic mass is 10.1. The van der Waals surface area contributed by atoms with Crippen LogP contribution in [0.4, 0.5) is 0 Å². The average Bonchev–Trinajstić information content (AvgIpc) is 2.96. The molecule has 0 spiro atoms. The number of amides is 1. The first-order valence-electron chi connectivity index (χ1n) is 7.40. The Balaban J connectivity index is 2.12. The molecule has 8 heteroatoms. The summed E-state index contributed by atoms with van der Waals surface area (Å²) in [6.45, 7) is 5.55. The number of thioether (sulfide) groups is 1. The van der Waals surface area contributed by atoms with Crippen LogP contribution in [0, 0.1) is 0 Å². The molecule has 1 amide bonds. The summed E-state index contributed by atoms with van der Waals surface area (Å²) in [7, 11) is -3.64. The molecule has 1 fully saturated rings. The third-order valence-corrected chi connectivity index (χ3v) is 5.99. The highest BCUT2D eigenvalue weighted by molar-refractivity contribution is 7.99. The maximum absolute atomic E-state index is 12.5. The summed E-state index contributed by atoms with van der Waals surface area (Å²) in [6, 6.07) is 6.50. The second-order valence-corrected chi connectivity index (χ2v) is 9.13. The van der Waals surface area contributed by atoms with Crippen molar-refractivity contribution in [3.8, 4) is 0 Å². The van der Waals surface area contributed by atoms with Crippen LogP contribution in [0.1, 0.15) is 26.3 Å². The smallest absolute Gasteiger partial charge is 0.241 e. The Morgan fingerprint density at radius 1 is 1.35 bits per heavy atom. The predicted octanol–water partition coefficient (Wildman–Crippen LogP) is 1.04. The minimum absolute atomic E-state index is 0.106. The van der Waals surface area contributed by atoms with Crippen molar-refractivity contribution >= 4 is 27.7 Å². The van der Waals surface area contributed by atoms with Crippen LogP contribution < -0.4 is 15.4 Å². The molecule has 1 aliphatic heterocycles. The number of nitrogens with one attached hydrogen (secondary N) is 3. The Morgan fingerprint density at radius 3 is 2.65 bits per heavy atom. The van der Waals surface area contributed by atoms with Gasteiger partial charge in [0.15, 0.2) is 0 Å². The number of benzene rings is 1. The first-order chi connectivity index (χ1) is 10.7. The van der Waals surface area contributed by atoms with Crippen LogP contribution in [0.3, 0.4) is 0 Å². The van der Waals surface area contributed by atoms with E-state index in [9.17, 15) is 13.2 Å². The van der Waals surface area contributed by atoms with E-state index in [1.807, 2.05) is 0 Å². The minimum Gasteiger partial charge on any atom is -0.351 e. The Morgan fingerprint density at radius 2 is 2.04 bits per heavy atom. The van der Waals surface area contributed by atoms with Crippen molar-refractivity contribution in [2.45, 2.75) is 43.8 Å². The number of sulfonamides is 1. The van der Waals surface area contributed by atoms with Crippen molar-refractivity contribution in [1.29, 1.82) is 0 Å². The summed E-state index contributed by atoms with van der Waals surface area (Å²) in [6.07, 6.45) is 0. The number of hydrogen-bond donors (Lipinski definition) is 3. The molecule has 0 saturated carbocycles. The normalized spacial score (nSPS) is 18.8. The van der Waals surface area contributed by atoms with E-state index in [4.69, 9.17) is 0 Å². The molecule has 23 heavy (non-hydrogen) atoms. The number of carbonyl (C=O) groups excluding carboxylic acids is 1. The highest BCUT2D eigenvalue weighted by atomic mass is 32.2. The monoisotopic (exact) mass is 357 g/mol. The van der Waals surface area contributed by atoms with E-state index < -0.39 is 15.6 Å². The molecule has 0 aromatic heterocycles. The zero-order valence-corrected chi connectivity index (χ0v) is 15.2. The highest BCUT2D eigenvalue weighted by Crippen LogP contribution is 2.18. The maximum Gasteiger partial charge on any atom is 0.241 e. The lowest BCUT2D eigenvalue weighted by molar-refractivity contribution is -0.122. The third kappa shape index (κ3) is 5.20. The quantitative estimate of drug-likeness (QED) is 0.733. The molecule has 1 heterocycles. The fraction of sp³-hybridized carbons (Fsp3) is 0.533. The van der Waals surface area contributed by atoms with Gasteiger partial charge in [0, 0.05) is 23.7 Å². The Labute approximate surface area is 141 Å². The van der Waals surface area contributed by atoms with E-state index in [0.29, 0.717) is 5.56 Å². The second kappa shape index (κ2) is 7.21. The van der Waals surface area contributed by atoms with E-state index in [0.717, 1.165) is 11.6 Å². The van der Waals surface area contributed by atoms with Gasteiger partial charge in [-0.1, -0.05) is 18.2 Å². The second-order valence-electron chi connectivity index (χ2n) is 6.45. The summed E-state index contributed by atoms with van der Waals surface area (Å²) >= 11 is 1.67. The molecular formula is C15H23N3O3S2. The zero-order valence-electron chi connectivity index (χ0n) is 13.5. The van der Waals surface area contributed by atoms with Gasteiger partial charge in [-0.3, -0.25) is 10.1 Å². The molecule has 2 rings (SSSR count). The number of hydrogen-bond acceptors (Lipinski definition) is 5. The molecule has 1 aromatic rings. The molecule has 1 aliphatic rings. The van der Waals surface area contributed by atoms with Crippen molar-refractivity contribution in [3.63, 3.8) is 0 Å². The van der Waals surface area contributed by atoms with Crippen molar-refractivity contribution < 1.29 is 13.2 Å². The molecule has 1 saturated heterocycles. The molecule has 6 nitrogen and oxygen atoms in total. The summed E-state index contributed by atoms with van der Waals surface area (Å²) in [5.41, 5.74) is 0.00319. The molecule has 0 bridgehead atoms. The average molecular weight is 358 g/mol. The lowest BCUT2D eigenvalue weighted by Crippen LogP contribution is -2.42. The van der Waals surface area contributed by atoms with Gasteiger partial charge in [0.25, 0.3) is 0 Å². The topological polar surface area (TPSA) is 87.3 Å². The summed E-state index contributed by atoms with van der Waals surface area (Å²) in [5, 5.41) is 5.90. The van der Waals surface area contributed by atoms with Gasteiger partial charge in [0.2, 0.25) is 15.9 Å². The zero-order chi connectivity index (χ0) is 17.1. The van der Waals surface area contributed by atoms with E-state index in [-0.39, 0.29) is 23.4 Å². The number of rotatable bonds is 5. The van der Waals surface area contributed by atoms with Gasteiger partial charge in [-0.2, -0.15) is 0 Å². The molecule has 1 unspecified atom stereocenters. The Hall–Kier alpha value is -1.09. The van der Waals surface area contributed by atoms with Gasteiger partial charge in [-0.05, 0) is 32.4 Å². The first-order valence-corrected chi connectivity index (χ1v) is 10.0. The van der Waals surface area contributed by atoms with Gasteiger partial charge in [0.1, 0.15) is 0 Å². The third-order valence-electron chi connectivity index (χ3n) is 3.19. The van der Waals surface area contributed by atoms with Gasteiger partial charge in [-0.15, -0.1) is 11.8 Å². The molecular weight excluding hydrogens is 334 g/mol. The fourth-order valence-corrected chi connectivity index (χ4v) is 4.84. The van der Waals surface area contributed by atoms with Crippen molar-refractivity contribution in [2.75, 3.05) is 11.6 Å². The van der Waals surface area contributed by atoms with Crippen LogP contribution in [0.2, 0.25) is 0 Å². The van der Waals surface area contributed by atoms with E-state index in [1.165, 1.54) is 0 Å². The molecule has 128 valence electrons. The first kappa shape index (κ1) is 18.3. The van der Waals surface area contributed by atoms with E-state index in [2.05, 4.69) is 15.4 Å². The fourth-order valence-electron chi connectivity index (χ4n) is 2.24. The molecule has 3 N–H and O–H groups in total. The summed E-state index contributed by atoms with van der Waals surface area (Å²) < 4.78 is 27.7. The van der Waals surface area contributed by atoms with Crippen LogP contribution in [0.25, 0.3) is 0 Å². The van der Waals surface area contributed by atoms with Gasteiger partial charge >= 0.3 is 0 Å². The summed E-state index contributed by atoms with van der Waals surface area (Å²) in [5.74, 6) is 1.39. The van der Waals surface area contributed by atoms with Crippen molar-refractivity contribution in [2.24, 2.45) is 0 Å². The van der Waals surface area contributed by atoms with E-state index >= 15 is 0 Å². The molecule has 1 aromatic carbocycles. The molecule has 0 aliphatic carbocycles. The minimum atomic E-state index is -3.64. The largest absolute Gasteiger partial charge is 0.351 e. The number of carbonyl (C=O) groups is 1. The van der Waals surface area contributed by atoms with Gasteiger partial charge in [0.05, 0.1) is 10.9 Å². The molecule has 0 radical (unpaired) electrons. The summed E-state index contributed by atoms with van der Waals surface area (Å²) in [4.78, 5) is 12.3. The Kier molecular flexibility index (Phi) is 5.72. The van der Waals surface area contributed by atoms with Crippen molar-refractivity contribution in [1.82, 2.24) is 15.4 Å². The Bertz CT molecular complexity index is 663. The van der Waals surface area contributed by atoms with Crippen LogP contribution in [-0.4, -0.2) is 37.5 Å². The van der Waals surface area contributed by atoms with Crippen LogP contribution >= 0.6 is 11.8 Å². The van der Waals surface area contributed by atoms with Gasteiger partial charge < -0.3 is 5.32 Å². The van der Waals surface area contributed by atoms with Crippen LogP contribution in [0.15, 0.2) is 29.2 Å². The lowest BCUT2D eigenvalue weighted by Gasteiger charge is -2.21. The maximum atomic E-state index is 12.5. The predicted molar refractivity (Wildman–Crippen MR) is 92.6 cm³/mol. The SMILES string of the molecule is CC(C)(C)NS(=O)(=O)c1ccccc1CNC(=O)C1CSCN1. The highest BCUT2D eigenvalue weighted by Gasteiger charge is 2.25. The van der Waals surface area contributed by atoms with Gasteiger partial charge in [-0.25, -0.2) is 13.1 Å². The van der Waals surface area contributed by atoms with Crippen LogP contribution in [-0.2, 0) is 21.4 Å². The van der Waals surface area contributed by atoms with Crippen molar-refractivity contribution in [3.05, 3.63) is 29.8 Å². The van der Waals surface area contributed by atoms with Crippen LogP contribution in [0.5, 0.6) is 0 Å². The standard InChI is InChI=1S/C15H23N3O3S2/c1-15(2,3)18-23(20,21)13-7-5-4-6-11(13)8-16-14(19)12-9-22-10-17-12/h4-7,12,17-18H,8-10H2,1-3H3,(H,16,19). The molecule has 1 atom stereocenters.